The third-order valence-corrected chi connectivity index (χ3v) is 2.91. The SMILES string of the molecule is Cc1c(C2CCC2O)cnn1C. The van der Waals surface area contributed by atoms with Crippen LogP contribution in [0.1, 0.15) is 30.0 Å². The molecule has 1 heterocycles. The number of aliphatic hydroxyl groups excluding tert-OH is 1. The van der Waals surface area contributed by atoms with E-state index in [0.29, 0.717) is 5.92 Å². The molecule has 0 bridgehead atoms. The number of hydrogen-bond acceptors (Lipinski definition) is 2. The minimum Gasteiger partial charge on any atom is -0.392 e. The molecule has 1 aliphatic rings. The fourth-order valence-electron chi connectivity index (χ4n) is 1.72. The van der Waals surface area contributed by atoms with Gasteiger partial charge in [0.1, 0.15) is 0 Å². The second-order valence-corrected chi connectivity index (χ2v) is 3.56. The van der Waals surface area contributed by atoms with E-state index in [1.807, 2.05) is 24.9 Å². The molecule has 1 fully saturated rings. The number of nitrogens with zero attached hydrogens (tertiary/aromatic N) is 2. The molecule has 0 radical (unpaired) electrons. The summed E-state index contributed by atoms with van der Waals surface area (Å²) in [4.78, 5) is 0. The van der Waals surface area contributed by atoms with Crippen molar-refractivity contribution in [3.05, 3.63) is 17.5 Å². The minimum atomic E-state index is -0.132. The van der Waals surface area contributed by atoms with Gasteiger partial charge in [0.2, 0.25) is 0 Å². The normalized spacial score (nSPS) is 28.6. The fraction of sp³-hybridized carbons (Fsp3) is 0.667. The number of rotatable bonds is 1. The lowest BCUT2D eigenvalue weighted by molar-refractivity contribution is 0.0658. The van der Waals surface area contributed by atoms with Gasteiger partial charge in [-0.05, 0) is 25.3 Å². The van der Waals surface area contributed by atoms with Gasteiger partial charge in [-0.15, -0.1) is 0 Å². The summed E-state index contributed by atoms with van der Waals surface area (Å²) < 4.78 is 1.86. The lowest BCUT2D eigenvalue weighted by atomic mass is 9.77. The van der Waals surface area contributed by atoms with Crippen molar-refractivity contribution in [1.82, 2.24) is 9.78 Å². The molecule has 0 spiro atoms. The zero-order valence-electron chi connectivity index (χ0n) is 7.49. The molecule has 3 heteroatoms. The quantitative estimate of drug-likeness (QED) is 0.675. The summed E-state index contributed by atoms with van der Waals surface area (Å²) in [6.45, 7) is 2.05. The molecule has 0 aromatic carbocycles. The first-order valence-electron chi connectivity index (χ1n) is 4.36. The van der Waals surface area contributed by atoms with Crippen LogP contribution in [0, 0.1) is 6.92 Å². The second-order valence-electron chi connectivity index (χ2n) is 3.56. The highest BCUT2D eigenvalue weighted by Gasteiger charge is 2.32. The predicted octanol–water partition coefficient (Wildman–Crippen LogP) is 0.967. The van der Waals surface area contributed by atoms with E-state index in [0.717, 1.165) is 12.8 Å². The molecular weight excluding hydrogens is 152 g/mol. The topological polar surface area (TPSA) is 38.1 Å². The predicted molar refractivity (Wildman–Crippen MR) is 45.9 cm³/mol. The number of aliphatic hydroxyl groups is 1. The van der Waals surface area contributed by atoms with Crippen LogP contribution in [0.3, 0.4) is 0 Å². The molecule has 1 aliphatic carbocycles. The Bertz CT molecular complexity index is 293. The monoisotopic (exact) mass is 166 g/mol. The summed E-state index contributed by atoms with van der Waals surface area (Å²) >= 11 is 0. The Balaban J connectivity index is 2.28. The van der Waals surface area contributed by atoms with Gasteiger partial charge >= 0.3 is 0 Å². The van der Waals surface area contributed by atoms with E-state index < -0.39 is 0 Å². The molecule has 1 aromatic rings. The molecule has 0 aliphatic heterocycles. The van der Waals surface area contributed by atoms with Crippen LogP contribution in [0.15, 0.2) is 6.20 Å². The highest BCUT2D eigenvalue weighted by Crippen LogP contribution is 2.37. The third-order valence-electron chi connectivity index (χ3n) is 2.91. The van der Waals surface area contributed by atoms with Crippen LogP contribution < -0.4 is 0 Å². The Kier molecular flexibility index (Phi) is 1.68. The maximum atomic E-state index is 9.46. The van der Waals surface area contributed by atoms with E-state index in [9.17, 15) is 5.11 Å². The first-order valence-corrected chi connectivity index (χ1v) is 4.36. The van der Waals surface area contributed by atoms with Gasteiger partial charge in [0.15, 0.2) is 0 Å². The molecule has 2 atom stereocenters. The largest absolute Gasteiger partial charge is 0.392 e. The van der Waals surface area contributed by atoms with Crippen molar-refractivity contribution in [1.29, 1.82) is 0 Å². The van der Waals surface area contributed by atoms with Crippen molar-refractivity contribution in [3.8, 4) is 0 Å². The van der Waals surface area contributed by atoms with E-state index in [1.54, 1.807) is 0 Å². The summed E-state index contributed by atoms with van der Waals surface area (Å²) in [7, 11) is 1.93. The molecule has 3 nitrogen and oxygen atoms in total. The van der Waals surface area contributed by atoms with Gasteiger partial charge in [-0.2, -0.15) is 5.10 Å². The van der Waals surface area contributed by atoms with Crippen LogP contribution in [-0.2, 0) is 7.05 Å². The molecule has 2 rings (SSSR count). The first kappa shape index (κ1) is 7.80. The van der Waals surface area contributed by atoms with Gasteiger partial charge in [0.25, 0.3) is 0 Å². The Labute approximate surface area is 72.0 Å². The number of aryl methyl sites for hydroxylation is 1. The van der Waals surface area contributed by atoms with Gasteiger partial charge in [0.05, 0.1) is 12.3 Å². The molecule has 2 unspecified atom stereocenters. The van der Waals surface area contributed by atoms with Gasteiger partial charge < -0.3 is 5.11 Å². The Morgan fingerprint density at radius 3 is 2.67 bits per heavy atom. The maximum Gasteiger partial charge on any atom is 0.0610 e. The summed E-state index contributed by atoms with van der Waals surface area (Å²) in [6, 6.07) is 0. The zero-order chi connectivity index (χ0) is 8.72. The van der Waals surface area contributed by atoms with Crippen molar-refractivity contribution in [3.63, 3.8) is 0 Å². The first-order chi connectivity index (χ1) is 5.70. The summed E-state index contributed by atoms with van der Waals surface area (Å²) in [6.07, 6.45) is 3.79. The number of aromatic nitrogens is 2. The lowest BCUT2D eigenvalue weighted by Crippen LogP contribution is -2.29. The molecule has 12 heavy (non-hydrogen) atoms. The average molecular weight is 166 g/mol. The highest BCUT2D eigenvalue weighted by atomic mass is 16.3. The van der Waals surface area contributed by atoms with Crippen molar-refractivity contribution in [2.24, 2.45) is 7.05 Å². The van der Waals surface area contributed by atoms with Gasteiger partial charge in [-0.3, -0.25) is 4.68 Å². The average Bonchev–Trinajstić information content (AvgIpc) is 2.34. The van der Waals surface area contributed by atoms with E-state index >= 15 is 0 Å². The lowest BCUT2D eigenvalue weighted by Gasteiger charge is -2.32. The third kappa shape index (κ3) is 0.966. The number of hydrogen-bond donors (Lipinski definition) is 1. The molecule has 0 saturated heterocycles. The zero-order valence-corrected chi connectivity index (χ0v) is 7.49. The maximum absolute atomic E-state index is 9.46. The fourth-order valence-corrected chi connectivity index (χ4v) is 1.72. The minimum absolute atomic E-state index is 0.132. The standard InChI is InChI=1S/C9H14N2O/c1-6-8(5-10-11(6)2)7-3-4-9(7)12/h5,7,9,12H,3-4H2,1-2H3. The molecule has 1 N–H and O–H groups in total. The van der Waals surface area contributed by atoms with E-state index in [4.69, 9.17) is 0 Å². The summed E-state index contributed by atoms with van der Waals surface area (Å²) in [5, 5.41) is 13.6. The Morgan fingerprint density at radius 1 is 1.58 bits per heavy atom. The van der Waals surface area contributed by atoms with Crippen LogP contribution in [-0.4, -0.2) is 21.0 Å². The van der Waals surface area contributed by atoms with Crippen molar-refractivity contribution in [2.45, 2.75) is 31.8 Å². The van der Waals surface area contributed by atoms with E-state index in [-0.39, 0.29) is 6.10 Å². The molecule has 66 valence electrons. The van der Waals surface area contributed by atoms with Crippen LogP contribution in [0.5, 0.6) is 0 Å². The molecule has 1 aromatic heterocycles. The molecule has 0 amide bonds. The van der Waals surface area contributed by atoms with Crippen molar-refractivity contribution < 1.29 is 5.11 Å². The van der Waals surface area contributed by atoms with Crippen LogP contribution >= 0.6 is 0 Å². The summed E-state index contributed by atoms with van der Waals surface area (Å²) in [5.41, 5.74) is 2.40. The van der Waals surface area contributed by atoms with E-state index in [2.05, 4.69) is 5.10 Å². The van der Waals surface area contributed by atoms with Gasteiger partial charge in [-0.1, -0.05) is 0 Å². The van der Waals surface area contributed by atoms with Crippen LogP contribution in [0.4, 0.5) is 0 Å². The van der Waals surface area contributed by atoms with Gasteiger partial charge in [0, 0.05) is 18.7 Å². The highest BCUT2D eigenvalue weighted by molar-refractivity contribution is 5.24. The molecular formula is C9H14N2O. The molecule has 1 saturated carbocycles. The van der Waals surface area contributed by atoms with Crippen molar-refractivity contribution in [2.75, 3.05) is 0 Å². The van der Waals surface area contributed by atoms with Crippen LogP contribution in [0.2, 0.25) is 0 Å². The van der Waals surface area contributed by atoms with Gasteiger partial charge in [-0.25, -0.2) is 0 Å². The second kappa shape index (κ2) is 2.59. The smallest absolute Gasteiger partial charge is 0.0610 e. The Morgan fingerprint density at radius 2 is 2.33 bits per heavy atom. The van der Waals surface area contributed by atoms with Crippen LogP contribution in [0.25, 0.3) is 0 Å². The summed E-state index contributed by atoms with van der Waals surface area (Å²) in [5.74, 6) is 0.346. The van der Waals surface area contributed by atoms with Crippen molar-refractivity contribution >= 4 is 0 Å². The van der Waals surface area contributed by atoms with E-state index in [1.165, 1.54) is 11.3 Å². The Hall–Kier alpha value is -0.830.